The minimum atomic E-state index is -4.09. The maximum absolute atomic E-state index is 13.0. The number of anilines is 3. The lowest BCUT2D eigenvalue weighted by atomic mass is 10.2. The van der Waals surface area contributed by atoms with E-state index in [4.69, 9.17) is 20.9 Å². The Labute approximate surface area is 157 Å². The van der Waals surface area contributed by atoms with Gasteiger partial charge in [-0.15, -0.1) is 0 Å². The number of ether oxygens (including phenoxy) is 2. The van der Waals surface area contributed by atoms with Crippen molar-refractivity contribution in [2.24, 2.45) is 0 Å². The normalized spacial score (nSPS) is 15.6. The molecule has 0 saturated carbocycles. The molecule has 0 saturated heterocycles. The van der Waals surface area contributed by atoms with Crippen LogP contribution < -0.4 is 25.2 Å². The Bertz CT molecular complexity index is 1010. The molecule has 0 atom stereocenters. The average Bonchev–Trinajstić information content (AvgIpc) is 2.85. The van der Waals surface area contributed by atoms with Crippen LogP contribution >= 0.6 is 0 Å². The fourth-order valence-electron chi connectivity index (χ4n) is 2.73. The van der Waals surface area contributed by atoms with E-state index >= 15 is 0 Å². The Hall–Kier alpha value is -3.27. The lowest BCUT2D eigenvalue weighted by molar-refractivity contribution is 0.281. The van der Waals surface area contributed by atoms with Gasteiger partial charge in [0, 0.05) is 17.3 Å². The summed E-state index contributed by atoms with van der Waals surface area (Å²) >= 11 is 0. The summed E-state index contributed by atoms with van der Waals surface area (Å²) in [5.74, 6) is 0.558. The van der Waals surface area contributed by atoms with Gasteiger partial charge in [-0.2, -0.15) is 8.42 Å². The lowest BCUT2D eigenvalue weighted by Gasteiger charge is -2.23. The van der Waals surface area contributed by atoms with E-state index in [1.165, 1.54) is 32.4 Å². The monoisotopic (exact) mass is 392 g/mol. The summed E-state index contributed by atoms with van der Waals surface area (Å²) in [6, 6.07) is 9.43. The molecule has 3 rings (SSSR count). The summed E-state index contributed by atoms with van der Waals surface area (Å²) in [6.45, 7) is -0.136. The van der Waals surface area contributed by atoms with Crippen LogP contribution in [-0.2, 0) is 16.8 Å². The maximum atomic E-state index is 13.0. The Morgan fingerprint density at radius 2 is 1.81 bits per heavy atom. The first-order chi connectivity index (χ1) is 12.8. The van der Waals surface area contributed by atoms with Gasteiger partial charge in [0.15, 0.2) is 0 Å². The molecule has 2 aromatic rings. The summed E-state index contributed by atoms with van der Waals surface area (Å²) in [7, 11) is -1.11. The zero-order valence-corrected chi connectivity index (χ0v) is 15.6. The highest BCUT2D eigenvalue weighted by atomic mass is 32.2. The highest BCUT2D eigenvalue weighted by molar-refractivity contribution is 7.91. The predicted octanol–water partition coefficient (Wildman–Crippen LogP) is 1.79. The highest BCUT2D eigenvalue weighted by Crippen LogP contribution is 2.36. The van der Waals surface area contributed by atoms with Gasteiger partial charge in [-0.25, -0.2) is 8.61 Å². The molecule has 0 bridgehead atoms. The molecule has 0 radical (unpaired) electrons. The van der Waals surface area contributed by atoms with E-state index in [0.29, 0.717) is 22.7 Å². The number of benzene rings is 2. The molecule has 0 spiro atoms. The summed E-state index contributed by atoms with van der Waals surface area (Å²) in [5, 5.41) is 10.3. The molecule has 144 valence electrons. The quantitative estimate of drug-likeness (QED) is 0.661. The first-order valence-electron chi connectivity index (χ1n) is 7.86. The number of methoxy groups -OCH3 is 2. The van der Waals surface area contributed by atoms with Crippen LogP contribution in [0.25, 0.3) is 0 Å². The first-order valence-corrected chi connectivity index (χ1v) is 9.26. The van der Waals surface area contributed by atoms with E-state index in [2.05, 4.69) is 0 Å². The van der Waals surface area contributed by atoms with Crippen molar-refractivity contribution in [1.82, 2.24) is 4.31 Å². The fraction of sp³-hybridized carbons (Fsp3) is 0.176. The van der Waals surface area contributed by atoms with Crippen molar-refractivity contribution >= 4 is 27.3 Å². The molecule has 0 amide bonds. The van der Waals surface area contributed by atoms with Crippen LogP contribution in [-0.4, -0.2) is 32.0 Å². The van der Waals surface area contributed by atoms with Gasteiger partial charge < -0.3 is 26.0 Å². The average molecular weight is 392 g/mol. The SMILES string of the molecule is COc1ccc(CN2C(O)=CN(c3ccc(N)cc3N)S2(=O)=O)c(OC)c1. The Kier molecular flexibility index (Phi) is 4.66. The third-order valence-corrected chi connectivity index (χ3v) is 5.78. The molecule has 0 fully saturated rings. The van der Waals surface area contributed by atoms with Gasteiger partial charge in [0.25, 0.3) is 0 Å². The van der Waals surface area contributed by atoms with Crippen LogP contribution in [0.15, 0.2) is 48.5 Å². The van der Waals surface area contributed by atoms with Crippen molar-refractivity contribution in [2.75, 3.05) is 30.0 Å². The third kappa shape index (κ3) is 3.26. The molecule has 10 heteroatoms. The third-order valence-electron chi connectivity index (χ3n) is 4.11. The van der Waals surface area contributed by atoms with Crippen LogP contribution in [0.1, 0.15) is 5.56 Å². The molecule has 1 heterocycles. The molecule has 5 N–H and O–H groups in total. The molecule has 1 aliphatic rings. The van der Waals surface area contributed by atoms with Crippen LogP contribution in [0.5, 0.6) is 11.5 Å². The van der Waals surface area contributed by atoms with Crippen LogP contribution in [0, 0.1) is 0 Å². The molecule has 27 heavy (non-hydrogen) atoms. The fourth-order valence-corrected chi connectivity index (χ4v) is 4.17. The van der Waals surface area contributed by atoms with E-state index < -0.39 is 16.1 Å². The number of hydrogen-bond donors (Lipinski definition) is 3. The number of nitrogen functional groups attached to an aromatic ring is 2. The molecular formula is C17H20N4O5S. The van der Waals surface area contributed by atoms with E-state index in [1.54, 1.807) is 18.2 Å². The Morgan fingerprint density at radius 3 is 2.44 bits per heavy atom. The number of aliphatic hydroxyl groups excluding tert-OH is 1. The first kappa shape index (κ1) is 18.5. The minimum absolute atomic E-state index is 0.136. The number of aliphatic hydroxyl groups is 1. The van der Waals surface area contributed by atoms with Gasteiger partial charge in [-0.3, -0.25) is 0 Å². The second-order valence-corrected chi connectivity index (χ2v) is 7.52. The van der Waals surface area contributed by atoms with Crippen molar-refractivity contribution in [3.8, 4) is 11.5 Å². The topological polar surface area (TPSA) is 131 Å². The number of nitrogens with two attached hydrogens (primary N) is 2. The van der Waals surface area contributed by atoms with Gasteiger partial charge in [-0.1, -0.05) is 0 Å². The van der Waals surface area contributed by atoms with Gasteiger partial charge in [0.1, 0.15) is 11.5 Å². The molecule has 0 aliphatic carbocycles. The summed E-state index contributed by atoms with van der Waals surface area (Å²) < 4.78 is 38.1. The molecule has 0 unspecified atom stereocenters. The second-order valence-electron chi connectivity index (χ2n) is 5.79. The van der Waals surface area contributed by atoms with Crippen LogP contribution in [0.3, 0.4) is 0 Å². The predicted molar refractivity (Wildman–Crippen MR) is 102 cm³/mol. The zero-order chi connectivity index (χ0) is 19.8. The molecular weight excluding hydrogens is 372 g/mol. The van der Waals surface area contributed by atoms with Gasteiger partial charge in [0.2, 0.25) is 5.88 Å². The smallest absolute Gasteiger partial charge is 0.333 e. The summed E-state index contributed by atoms with van der Waals surface area (Å²) in [6.07, 6.45) is 1.09. The second kappa shape index (κ2) is 6.80. The standard InChI is InChI=1S/C17H20N4O5S/c1-25-13-5-3-11(16(8-13)26-2)9-21-17(22)10-20(27(21,23)24)15-6-4-12(18)7-14(15)19/h3-8,10,22H,9,18-19H2,1-2H3. The highest BCUT2D eigenvalue weighted by Gasteiger charge is 2.39. The number of rotatable bonds is 5. The van der Waals surface area contributed by atoms with Gasteiger partial charge in [0.05, 0.1) is 38.3 Å². The minimum Gasteiger partial charge on any atom is -0.497 e. The van der Waals surface area contributed by atoms with Crippen molar-refractivity contribution in [3.63, 3.8) is 0 Å². The van der Waals surface area contributed by atoms with Crippen molar-refractivity contribution in [2.45, 2.75) is 6.54 Å². The van der Waals surface area contributed by atoms with E-state index in [-0.39, 0.29) is 17.9 Å². The van der Waals surface area contributed by atoms with Crippen molar-refractivity contribution < 1.29 is 23.0 Å². The summed E-state index contributed by atoms with van der Waals surface area (Å²) in [4.78, 5) is 0. The van der Waals surface area contributed by atoms with Gasteiger partial charge in [-0.05, 0) is 30.3 Å². The largest absolute Gasteiger partial charge is 0.497 e. The lowest BCUT2D eigenvalue weighted by Crippen LogP contribution is -2.34. The Balaban J connectivity index is 1.96. The summed E-state index contributed by atoms with van der Waals surface area (Å²) in [5.41, 5.74) is 12.9. The van der Waals surface area contributed by atoms with E-state index in [9.17, 15) is 13.5 Å². The van der Waals surface area contributed by atoms with Crippen LogP contribution in [0.2, 0.25) is 0 Å². The Morgan fingerprint density at radius 1 is 1.07 bits per heavy atom. The van der Waals surface area contributed by atoms with E-state index in [0.717, 1.165) is 14.8 Å². The van der Waals surface area contributed by atoms with Crippen molar-refractivity contribution in [3.05, 3.63) is 54.0 Å². The zero-order valence-electron chi connectivity index (χ0n) is 14.8. The molecule has 9 nitrogen and oxygen atoms in total. The van der Waals surface area contributed by atoms with Gasteiger partial charge >= 0.3 is 10.2 Å². The van der Waals surface area contributed by atoms with E-state index in [1.807, 2.05) is 0 Å². The molecule has 0 aromatic heterocycles. The maximum Gasteiger partial charge on any atom is 0.333 e. The molecule has 1 aliphatic heterocycles. The molecule has 2 aromatic carbocycles. The van der Waals surface area contributed by atoms with Crippen molar-refractivity contribution in [1.29, 1.82) is 0 Å². The number of hydrogen-bond acceptors (Lipinski definition) is 7. The van der Waals surface area contributed by atoms with Crippen LogP contribution in [0.4, 0.5) is 17.1 Å². The number of nitrogens with zero attached hydrogens (tertiary/aromatic N) is 2.